The highest BCUT2D eigenvalue weighted by Crippen LogP contribution is 2.35. The summed E-state index contributed by atoms with van der Waals surface area (Å²) in [6.07, 6.45) is 2.84. The molecule has 0 radical (unpaired) electrons. The van der Waals surface area contributed by atoms with Crippen molar-refractivity contribution in [1.82, 2.24) is 0 Å². The molecule has 1 atom stereocenters. The Morgan fingerprint density at radius 3 is 2.87 bits per heavy atom. The van der Waals surface area contributed by atoms with E-state index < -0.39 is 4.92 Å². The molecular weight excluding hydrogens is 299 g/mol. The molecule has 23 heavy (non-hydrogen) atoms. The summed E-state index contributed by atoms with van der Waals surface area (Å²) in [5.74, 6) is -0.0472. The molecule has 2 aromatic rings. The third-order valence-electron chi connectivity index (χ3n) is 4.14. The minimum Gasteiger partial charge on any atom is -0.490 e. The van der Waals surface area contributed by atoms with Gasteiger partial charge in [-0.05, 0) is 48.6 Å². The Morgan fingerprint density at radius 2 is 2.13 bits per heavy atom. The van der Waals surface area contributed by atoms with Gasteiger partial charge in [0.05, 0.1) is 18.1 Å². The zero-order valence-electron chi connectivity index (χ0n) is 12.7. The minimum atomic E-state index is -0.478. The summed E-state index contributed by atoms with van der Waals surface area (Å²) in [5, 5.41) is 14.3. The lowest BCUT2D eigenvalue weighted by molar-refractivity contribution is -0.385. The number of anilines is 1. The van der Waals surface area contributed by atoms with Crippen LogP contribution in [0.25, 0.3) is 0 Å². The maximum Gasteiger partial charge on any atom is 0.311 e. The predicted octanol–water partition coefficient (Wildman–Crippen LogP) is 4.23. The largest absolute Gasteiger partial charge is 0.490 e. The Kier molecular flexibility index (Phi) is 4.14. The second-order valence-electron chi connectivity index (χ2n) is 5.58. The second kappa shape index (κ2) is 6.24. The SMILES string of the molecule is COc1cc(NC2CCCc3ccc(F)cc32)ccc1[N+](=O)[O-]. The molecule has 3 rings (SSSR count). The second-order valence-corrected chi connectivity index (χ2v) is 5.58. The summed E-state index contributed by atoms with van der Waals surface area (Å²) in [4.78, 5) is 10.5. The first kappa shape index (κ1) is 15.3. The molecule has 0 bridgehead atoms. The average molecular weight is 316 g/mol. The predicted molar refractivity (Wildman–Crippen MR) is 85.4 cm³/mol. The molecule has 6 heteroatoms. The third-order valence-corrected chi connectivity index (χ3v) is 4.14. The molecule has 0 saturated carbocycles. The number of nitro groups is 1. The summed E-state index contributed by atoms with van der Waals surface area (Å²) in [6, 6.07) is 9.52. The van der Waals surface area contributed by atoms with Crippen LogP contribution in [0.15, 0.2) is 36.4 Å². The molecule has 1 aliphatic carbocycles. The number of halogens is 1. The van der Waals surface area contributed by atoms with E-state index in [1.807, 2.05) is 6.07 Å². The van der Waals surface area contributed by atoms with Gasteiger partial charge in [-0.2, -0.15) is 0 Å². The van der Waals surface area contributed by atoms with Crippen LogP contribution in [0.4, 0.5) is 15.8 Å². The number of methoxy groups -OCH3 is 1. The molecule has 1 aliphatic rings. The van der Waals surface area contributed by atoms with Crippen LogP contribution < -0.4 is 10.1 Å². The van der Waals surface area contributed by atoms with Gasteiger partial charge in [0, 0.05) is 17.8 Å². The smallest absolute Gasteiger partial charge is 0.311 e. The fourth-order valence-corrected chi connectivity index (χ4v) is 3.04. The molecule has 0 spiro atoms. The van der Waals surface area contributed by atoms with Gasteiger partial charge in [-0.3, -0.25) is 10.1 Å². The highest BCUT2D eigenvalue weighted by molar-refractivity contribution is 5.59. The zero-order valence-corrected chi connectivity index (χ0v) is 12.7. The van der Waals surface area contributed by atoms with Gasteiger partial charge in [-0.1, -0.05) is 6.07 Å². The van der Waals surface area contributed by atoms with Crippen LogP contribution in [0, 0.1) is 15.9 Å². The van der Waals surface area contributed by atoms with Gasteiger partial charge in [0.2, 0.25) is 0 Å². The Hall–Kier alpha value is -2.63. The number of nitrogens with zero attached hydrogens (tertiary/aromatic N) is 1. The third kappa shape index (κ3) is 3.11. The molecule has 120 valence electrons. The van der Waals surface area contributed by atoms with Crippen molar-refractivity contribution in [3.8, 4) is 5.75 Å². The first-order valence-corrected chi connectivity index (χ1v) is 7.46. The number of hydrogen-bond acceptors (Lipinski definition) is 4. The zero-order chi connectivity index (χ0) is 16.4. The number of nitrogens with one attached hydrogen (secondary N) is 1. The summed E-state index contributed by atoms with van der Waals surface area (Å²) < 4.78 is 18.6. The van der Waals surface area contributed by atoms with Gasteiger partial charge in [0.25, 0.3) is 0 Å². The minimum absolute atomic E-state index is 0.0133. The van der Waals surface area contributed by atoms with Crippen LogP contribution >= 0.6 is 0 Å². The summed E-state index contributed by atoms with van der Waals surface area (Å²) in [5.41, 5.74) is 2.74. The molecule has 5 nitrogen and oxygen atoms in total. The molecule has 2 aromatic carbocycles. The van der Waals surface area contributed by atoms with Crippen molar-refractivity contribution < 1.29 is 14.1 Å². The standard InChI is InChI=1S/C17H17FN2O3/c1-23-17-10-13(7-8-16(17)20(21)22)19-15-4-2-3-11-5-6-12(18)9-14(11)15/h5-10,15,19H,2-4H2,1H3. The van der Waals surface area contributed by atoms with Crippen LogP contribution in [-0.4, -0.2) is 12.0 Å². The normalized spacial score (nSPS) is 16.5. The number of fused-ring (bicyclic) bond motifs is 1. The fraction of sp³-hybridized carbons (Fsp3) is 0.294. The number of nitro benzene ring substituents is 1. The highest BCUT2D eigenvalue weighted by atomic mass is 19.1. The number of hydrogen-bond donors (Lipinski definition) is 1. The van der Waals surface area contributed by atoms with Crippen molar-refractivity contribution in [3.63, 3.8) is 0 Å². The van der Waals surface area contributed by atoms with E-state index in [1.165, 1.54) is 19.2 Å². The topological polar surface area (TPSA) is 64.4 Å². The van der Waals surface area contributed by atoms with Crippen LogP contribution in [0.3, 0.4) is 0 Å². The van der Waals surface area contributed by atoms with Crippen molar-refractivity contribution in [2.45, 2.75) is 25.3 Å². The molecule has 1 N–H and O–H groups in total. The van der Waals surface area contributed by atoms with Gasteiger partial charge >= 0.3 is 5.69 Å². The lowest BCUT2D eigenvalue weighted by Gasteiger charge is -2.27. The Morgan fingerprint density at radius 1 is 1.30 bits per heavy atom. The monoisotopic (exact) mass is 316 g/mol. The van der Waals surface area contributed by atoms with Crippen molar-refractivity contribution in [2.24, 2.45) is 0 Å². The number of rotatable bonds is 4. The fourth-order valence-electron chi connectivity index (χ4n) is 3.04. The van der Waals surface area contributed by atoms with Crippen molar-refractivity contribution >= 4 is 11.4 Å². The van der Waals surface area contributed by atoms with Gasteiger partial charge < -0.3 is 10.1 Å². The van der Waals surface area contributed by atoms with Gasteiger partial charge in [-0.15, -0.1) is 0 Å². The molecule has 0 aliphatic heterocycles. The van der Waals surface area contributed by atoms with Crippen LogP contribution in [0.5, 0.6) is 5.75 Å². The van der Waals surface area contributed by atoms with E-state index in [0.29, 0.717) is 0 Å². The molecule has 0 fully saturated rings. The van der Waals surface area contributed by atoms with E-state index in [9.17, 15) is 14.5 Å². The van der Waals surface area contributed by atoms with Crippen LogP contribution in [-0.2, 0) is 6.42 Å². The summed E-state index contributed by atoms with van der Waals surface area (Å²) in [6.45, 7) is 0. The molecule has 0 saturated heterocycles. The van der Waals surface area contributed by atoms with E-state index in [0.717, 1.165) is 36.1 Å². The number of benzene rings is 2. The first-order chi connectivity index (χ1) is 11.1. The van der Waals surface area contributed by atoms with Crippen molar-refractivity contribution in [3.05, 3.63) is 63.5 Å². The van der Waals surface area contributed by atoms with Crippen LogP contribution in [0.1, 0.15) is 30.0 Å². The maximum absolute atomic E-state index is 13.5. The average Bonchev–Trinajstić information content (AvgIpc) is 2.55. The van der Waals surface area contributed by atoms with Gasteiger partial charge in [0.15, 0.2) is 5.75 Å². The Bertz CT molecular complexity index is 749. The summed E-state index contributed by atoms with van der Waals surface area (Å²) in [7, 11) is 1.40. The molecule has 0 amide bonds. The number of ether oxygens (including phenoxy) is 1. The summed E-state index contributed by atoms with van der Waals surface area (Å²) >= 11 is 0. The maximum atomic E-state index is 13.5. The Labute approximate surface area is 133 Å². The molecular formula is C17H17FN2O3. The van der Waals surface area contributed by atoms with Gasteiger partial charge in [-0.25, -0.2) is 4.39 Å². The molecule has 0 aromatic heterocycles. The van der Waals surface area contributed by atoms with E-state index in [2.05, 4.69) is 5.32 Å². The van der Waals surface area contributed by atoms with E-state index in [1.54, 1.807) is 18.2 Å². The molecule has 1 unspecified atom stereocenters. The van der Waals surface area contributed by atoms with E-state index in [4.69, 9.17) is 4.74 Å². The number of aryl methyl sites for hydroxylation is 1. The van der Waals surface area contributed by atoms with Crippen molar-refractivity contribution in [2.75, 3.05) is 12.4 Å². The lowest BCUT2D eigenvalue weighted by atomic mass is 9.87. The first-order valence-electron chi connectivity index (χ1n) is 7.46. The van der Waals surface area contributed by atoms with Gasteiger partial charge in [0.1, 0.15) is 5.82 Å². The van der Waals surface area contributed by atoms with E-state index >= 15 is 0 Å². The van der Waals surface area contributed by atoms with Crippen LogP contribution in [0.2, 0.25) is 0 Å². The van der Waals surface area contributed by atoms with Crippen molar-refractivity contribution in [1.29, 1.82) is 0 Å². The Balaban J connectivity index is 1.89. The molecule has 0 heterocycles. The van der Waals surface area contributed by atoms with E-state index in [-0.39, 0.29) is 23.3 Å². The quantitative estimate of drug-likeness (QED) is 0.677. The highest BCUT2D eigenvalue weighted by Gasteiger charge is 2.22. The lowest BCUT2D eigenvalue weighted by Crippen LogP contribution is -2.17.